The number of halogens is 2. The van der Waals surface area contributed by atoms with Crippen molar-refractivity contribution in [2.24, 2.45) is 5.16 Å². The van der Waals surface area contributed by atoms with E-state index >= 15 is 0 Å². The Labute approximate surface area is 350 Å². The molecule has 322 valence electrons. The molecule has 60 heavy (non-hydrogen) atoms. The highest BCUT2D eigenvalue weighted by Crippen LogP contribution is 2.46. The zero-order valence-electron chi connectivity index (χ0n) is 35.0. The summed E-state index contributed by atoms with van der Waals surface area (Å²) in [6.07, 6.45) is 16.0. The summed E-state index contributed by atoms with van der Waals surface area (Å²) in [5.41, 5.74) is -1.43. The zero-order valence-corrected chi connectivity index (χ0v) is 35.0. The Hall–Kier alpha value is -5.40. The number of hydrogen-bond donors (Lipinski definition) is 2. The van der Waals surface area contributed by atoms with E-state index in [-0.39, 0.29) is 48.4 Å². The average Bonchev–Trinajstić information content (AvgIpc) is 3.56. The maximum atomic E-state index is 14.5. The lowest BCUT2D eigenvalue weighted by Gasteiger charge is -2.42. The maximum absolute atomic E-state index is 14.5. The summed E-state index contributed by atoms with van der Waals surface area (Å²) in [7, 11) is 0. The van der Waals surface area contributed by atoms with Gasteiger partial charge in [0.05, 0.1) is 17.3 Å². The molecule has 1 fully saturated rings. The van der Waals surface area contributed by atoms with E-state index in [0.29, 0.717) is 37.3 Å². The van der Waals surface area contributed by atoms with Crippen molar-refractivity contribution in [1.29, 1.82) is 0 Å². The molecule has 3 aromatic rings. The molecule has 3 aliphatic heterocycles. The van der Waals surface area contributed by atoms with Gasteiger partial charge in [0.15, 0.2) is 11.3 Å². The quantitative estimate of drug-likeness (QED) is 0.0913. The SMILES string of the molecule is CCCCCCCCCCCCCC(=O)NCc1ccccc1C(=O)Oc1c2n(cc(C(=O)NCc3ccc(F)cc3F)c1=O)[C@@H]1CN(C2=O)[C@@H](C)CC[C@]12CC(C)=NO2. The Balaban J connectivity index is 1.21. The second-order valence-electron chi connectivity index (χ2n) is 16.5. The average molecular weight is 830 g/mol. The van der Waals surface area contributed by atoms with E-state index in [4.69, 9.17) is 9.57 Å². The van der Waals surface area contributed by atoms with Crippen molar-refractivity contribution in [2.45, 2.75) is 148 Å². The van der Waals surface area contributed by atoms with Crippen LogP contribution in [-0.2, 0) is 22.7 Å². The molecule has 3 amide bonds. The van der Waals surface area contributed by atoms with E-state index < -0.39 is 57.8 Å². The minimum Gasteiger partial charge on any atom is -0.416 e. The van der Waals surface area contributed by atoms with Crippen LogP contribution in [0.5, 0.6) is 5.75 Å². The summed E-state index contributed by atoms with van der Waals surface area (Å²) in [6, 6.07) is 8.50. The Morgan fingerprint density at radius 1 is 0.900 bits per heavy atom. The monoisotopic (exact) mass is 829 g/mol. The van der Waals surface area contributed by atoms with Crippen LogP contribution in [0.2, 0.25) is 0 Å². The lowest BCUT2D eigenvalue weighted by atomic mass is 9.84. The molecule has 0 saturated carbocycles. The molecule has 2 N–H and O–H groups in total. The fourth-order valence-electron chi connectivity index (χ4n) is 8.56. The number of nitrogens with zero attached hydrogens (tertiary/aromatic N) is 3. The molecule has 3 aliphatic rings. The van der Waals surface area contributed by atoms with Crippen LogP contribution in [0.4, 0.5) is 8.78 Å². The van der Waals surface area contributed by atoms with E-state index in [9.17, 15) is 32.8 Å². The van der Waals surface area contributed by atoms with E-state index in [2.05, 4.69) is 22.7 Å². The van der Waals surface area contributed by atoms with Crippen LogP contribution in [0.1, 0.15) is 165 Å². The molecule has 2 aromatic carbocycles. The third-order valence-electron chi connectivity index (χ3n) is 12.0. The maximum Gasteiger partial charge on any atom is 0.344 e. The van der Waals surface area contributed by atoms with Gasteiger partial charge in [0.1, 0.15) is 17.2 Å². The summed E-state index contributed by atoms with van der Waals surface area (Å²) < 4.78 is 35.5. The fourth-order valence-corrected chi connectivity index (χ4v) is 8.56. The molecule has 1 spiro atoms. The fraction of sp³-hybridized carbons (Fsp3) is 0.522. The van der Waals surface area contributed by atoms with Crippen LogP contribution >= 0.6 is 0 Å². The minimum atomic E-state index is -1.03. The molecule has 0 unspecified atom stereocenters. The number of amides is 3. The molecular formula is C46H57F2N5O7. The number of hydrogen-bond acceptors (Lipinski definition) is 8. The highest BCUT2D eigenvalue weighted by molar-refractivity contribution is 6.01. The van der Waals surface area contributed by atoms with Crippen molar-refractivity contribution < 1.29 is 37.5 Å². The lowest BCUT2D eigenvalue weighted by Crippen LogP contribution is -2.52. The van der Waals surface area contributed by atoms with Gasteiger partial charge in [-0.15, -0.1) is 0 Å². The molecule has 1 saturated heterocycles. The predicted octanol–water partition coefficient (Wildman–Crippen LogP) is 8.31. The highest BCUT2D eigenvalue weighted by Gasteiger charge is 2.54. The van der Waals surface area contributed by atoms with Crippen molar-refractivity contribution in [2.75, 3.05) is 6.54 Å². The summed E-state index contributed by atoms with van der Waals surface area (Å²) in [5, 5.41) is 9.66. The molecule has 14 heteroatoms. The third-order valence-corrected chi connectivity index (χ3v) is 12.0. The predicted molar refractivity (Wildman–Crippen MR) is 223 cm³/mol. The van der Waals surface area contributed by atoms with Crippen LogP contribution in [0.25, 0.3) is 0 Å². The van der Waals surface area contributed by atoms with Crippen molar-refractivity contribution >= 4 is 29.4 Å². The number of nitrogens with one attached hydrogen (secondary N) is 2. The zero-order chi connectivity index (χ0) is 42.8. The first-order chi connectivity index (χ1) is 28.9. The number of fused-ring (bicyclic) bond motifs is 5. The number of aromatic nitrogens is 1. The van der Waals surface area contributed by atoms with Crippen molar-refractivity contribution in [3.8, 4) is 5.75 Å². The first kappa shape index (κ1) is 44.2. The van der Waals surface area contributed by atoms with Crippen LogP contribution in [0, 0.1) is 11.6 Å². The molecule has 0 aliphatic carbocycles. The first-order valence-corrected chi connectivity index (χ1v) is 21.5. The standard InChI is InChI=1S/C46H57F2N5O7/c1-4-5-6-7-8-9-10-11-12-13-14-19-39(54)49-26-32-17-15-16-18-35(32)45(58)59-42-40-44(57)52-29-38(46(23-22-31(52)3)25-30(2)51-60-46)53(40)28-36(41(42)55)43(56)50-27-33-20-21-34(47)24-37(33)48/h15-18,20-21,24,28,31,38H,4-14,19,22-23,25-27,29H2,1-3H3,(H,49,54)(H,50,56)/t31-,38+,46-/m0/s1. The van der Waals surface area contributed by atoms with Crippen LogP contribution < -0.4 is 20.8 Å². The Morgan fingerprint density at radius 3 is 2.27 bits per heavy atom. The Morgan fingerprint density at radius 2 is 1.58 bits per heavy atom. The Bertz CT molecular complexity index is 2150. The van der Waals surface area contributed by atoms with E-state index in [1.165, 1.54) is 67.8 Å². The van der Waals surface area contributed by atoms with Gasteiger partial charge < -0.3 is 29.7 Å². The number of benzene rings is 2. The van der Waals surface area contributed by atoms with Crippen LogP contribution in [-0.4, -0.2) is 57.1 Å². The lowest BCUT2D eigenvalue weighted by molar-refractivity contribution is -0.121. The van der Waals surface area contributed by atoms with Gasteiger partial charge in [-0.1, -0.05) is 101 Å². The number of rotatable bonds is 19. The van der Waals surface area contributed by atoms with E-state index in [1.807, 2.05) is 13.8 Å². The number of pyridine rings is 1. The Kier molecular flexibility index (Phi) is 14.9. The molecule has 1 aromatic heterocycles. The van der Waals surface area contributed by atoms with Gasteiger partial charge in [-0.2, -0.15) is 0 Å². The van der Waals surface area contributed by atoms with Crippen LogP contribution in [0.3, 0.4) is 0 Å². The van der Waals surface area contributed by atoms with Gasteiger partial charge in [0, 0.05) is 56.3 Å². The minimum absolute atomic E-state index is 0.0210. The van der Waals surface area contributed by atoms with Gasteiger partial charge in [-0.05, 0) is 50.8 Å². The summed E-state index contributed by atoms with van der Waals surface area (Å²) in [4.78, 5) is 77.2. The van der Waals surface area contributed by atoms with Crippen molar-refractivity contribution in [3.05, 3.63) is 98.5 Å². The topological polar surface area (TPSA) is 148 Å². The third kappa shape index (κ3) is 10.3. The molecule has 4 heterocycles. The molecule has 12 nitrogen and oxygen atoms in total. The van der Waals surface area contributed by atoms with E-state index in [1.54, 1.807) is 23.1 Å². The van der Waals surface area contributed by atoms with Gasteiger partial charge in [0.25, 0.3) is 11.8 Å². The second kappa shape index (κ2) is 20.2. The number of oxime groups is 1. The largest absolute Gasteiger partial charge is 0.416 e. The molecule has 0 radical (unpaired) electrons. The van der Waals surface area contributed by atoms with Gasteiger partial charge in [-0.3, -0.25) is 19.2 Å². The number of ether oxygens (including phenoxy) is 1. The summed E-state index contributed by atoms with van der Waals surface area (Å²) in [6.45, 7) is 5.77. The first-order valence-electron chi connectivity index (χ1n) is 21.5. The van der Waals surface area contributed by atoms with Gasteiger partial charge in [0.2, 0.25) is 17.1 Å². The highest BCUT2D eigenvalue weighted by atomic mass is 19.1. The summed E-state index contributed by atoms with van der Waals surface area (Å²) in [5.74, 6) is -4.92. The van der Waals surface area contributed by atoms with Crippen molar-refractivity contribution in [1.82, 2.24) is 20.1 Å². The number of carbonyl (C=O) groups excluding carboxylic acids is 4. The number of carbonyl (C=O) groups is 4. The van der Waals surface area contributed by atoms with E-state index in [0.717, 1.165) is 37.5 Å². The van der Waals surface area contributed by atoms with Crippen molar-refractivity contribution in [3.63, 3.8) is 0 Å². The number of unbranched alkanes of at least 4 members (excludes halogenated alkanes) is 10. The van der Waals surface area contributed by atoms with Crippen LogP contribution in [0.15, 0.2) is 58.6 Å². The smallest absolute Gasteiger partial charge is 0.344 e. The number of esters is 1. The van der Waals surface area contributed by atoms with Gasteiger partial charge in [-0.25, -0.2) is 13.6 Å². The molecule has 3 atom stereocenters. The summed E-state index contributed by atoms with van der Waals surface area (Å²) >= 11 is 0. The van der Waals surface area contributed by atoms with Gasteiger partial charge >= 0.3 is 5.97 Å². The molecular weight excluding hydrogens is 773 g/mol. The normalized spacial score (nSPS) is 19.3. The molecule has 2 bridgehead atoms. The second-order valence-corrected chi connectivity index (χ2v) is 16.5. The molecule has 6 rings (SSSR count).